The Bertz CT molecular complexity index is 284. The van der Waals surface area contributed by atoms with Gasteiger partial charge in [0.05, 0.1) is 19.3 Å². The van der Waals surface area contributed by atoms with E-state index in [0.29, 0.717) is 32.2 Å². The van der Waals surface area contributed by atoms with E-state index in [0.717, 1.165) is 25.9 Å². The van der Waals surface area contributed by atoms with Crippen LogP contribution in [0.2, 0.25) is 0 Å². The zero-order valence-electron chi connectivity index (χ0n) is 12.0. The van der Waals surface area contributed by atoms with Crippen molar-refractivity contribution in [1.29, 1.82) is 0 Å². The van der Waals surface area contributed by atoms with Crippen LogP contribution in [0, 0.1) is 5.92 Å². The Balaban J connectivity index is 1.79. The number of likely N-dealkylation sites (tertiary alicyclic amines) is 1. The van der Waals surface area contributed by atoms with E-state index in [2.05, 4.69) is 11.8 Å². The maximum Gasteiger partial charge on any atom is 0.239 e. The maximum absolute atomic E-state index is 12.3. The summed E-state index contributed by atoms with van der Waals surface area (Å²) in [6.45, 7) is 8.23. The van der Waals surface area contributed by atoms with Crippen LogP contribution in [0.5, 0.6) is 0 Å². The molecule has 0 radical (unpaired) electrons. The zero-order valence-corrected chi connectivity index (χ0v) is 12.0. The molecule has 1 amide bonds. The van der Waals surface area contributed by atoms with Crippen molar-refractivity contribution in [2.24, 2.45) is 11.7 Å². The molecule has 0 aromatic heterocycles. The molecule has 1 unspecified atom stereocenters. The average Bonchev–Trinajstić information content (AvgIpc) is 2.48. The molecule has 1 atom stereocenters. The van der Waals surface area contributed by atoms with Gasteiger partial charge in [-0.15, -0.1) is 0 Å². The fourth-order valence-electron chi connectivity index (χ4n) is 3.05. The summed E-state index contributed by atoms with van der Waals surface area (Å²) >= 11 is 0. The van der Waals surface area contributed by atoms with Crippen molar-refractivity contribution in [2.45, 2.75) is 32.2 Å². The molecule has 2 saturated heterocycles. The molecule has 19 heavy (non-hydrogen) atoms. The van der Waals surface area contributed by atoms with Crippen LogP contribution in [0.3, 0.4) is 0 Å². The summed E-state index contributed by atoms with van der Waals surface area (Å²) in [7, 11) is 0. The van der Waals surface area contributed by atoms with Gasteiger partial charge in [0, 0.05) is 13.1 Å². The first-order chi connectivity index (χ1) is 9.22. The first-order valence-electron chi connectivity index (χ1n) is 7.57. The quantitative estimate of drug-likeness (QED) is 0.797. The maximum atomic E-state index is 12.3. The molecule has 0 aliphatic carbocycles. The normalized spacial score (nSPS) is 24.4. The number of amides is 1. The van der Waals surface area contributed by atoms with Gasteiger partial charge in [0.1, 0.15) is 0 Å². The first-order valence-corrected chi connectivity index (χ1v) is 7.57. The minimum atomic E-state index is -0.318. The lowest BCUT2D eigenvalue weighted by molar-refractivity contribution is -0.138. The number of morpholine rings is 1. The number of carbonyl (C=O) groups is 1. The van der Waals surface area contributed by atoms with Gasteiger partial charge >= 0.3 is 0 Å². The van der Waals surface area contributed by atoms with Gasteiger partial charge in [0.25, 0.3) is 0 Å². The van der Waals surface area contributed by atoms with Gasteiger partial charge in [-0.3, -0.25) is 4.79 Å². The third kappa shape index (κ3) is 3.91. The third-order valence-corrected chi connectivity index (χ3v) is 4.29. The largest absolute Gasteiger partial charge is 0.378 e. The fraction of sp³-hybridized carbons (Fsp3) is 0.929. The highest BCUT2D eigenvalue weighted by Gasteiger charge is 2.31. The zero-order chi connectivity index (χ0) is 13.7. The standard InChI is InChI=1S/C14H27N3O2/c1-2-5-16-6-3-12(4-7-16)13(15)14(18)17-8-10-19-11-9-17/h12-13H,2-11,15H2,1H3. The Labute approximate surface area is 116 Å². The van der Waals surface area contributed by atoms with Crippen LogP contribution in [0.25, 0.3) is 0 Å². The van der Waals surface area contributed by atoms with Gasteiger partial charge < -0.3 is 20.3 Å². The molecule has 0 aromatic rings. The van der Waals surface area contributed by atoms with Crippen molar-refractivity contribution in [3.05, 3.63) is 0 Å². The predicted molar refractivity (Wildman–Crippen MR) is 74.8 cm³/mol. The number of rotatable bonds is 4. The fourth-order valence-corrected chi connectivity index (χ4v) is 3.05. The number of carbonyl (C=O) groups excluding carboxylic acids is 1. The van der Waals surface area contributed by atoms with Crippen molar-refractivity contribution < 1.29 is 9.53 Å². The predicted octanol–water partition coefficient (Wildman–Crippen LogP) is 0.295. The van der Waals surface area contributed by atoms with Crippen LogP contribution in [-0.2, 0) is 9.53 Å². The van der Waals surface area contributed by atoms with Crippen molar-refractivity contribution in [2.75, 3.05) is 45.9 Å². The molecule has 0 bridgehead atoms. The second-order valence-corrected chi connectivity index (χ2v) is 5.64. The summed E-state index contributed by atoms with van der Waals surface area (Å²) in [5.41, 5.74) is 6.19. The molecule has 2 heterocycles. The Morgan fingerprint density at radius 3 is 2.47 bits per heavy atom. The summed E-state index contributed by atoms with van der Waals surface area (Å²) in [5, 5.41) is 0. The summed E-state index contributed by atoms with van der Waals surface area (Å²) in [6, 6.07) is -0.318. The number of ether oxygens (including phenoxy) is 1. The first kappa shape index (κ1) is 14.8. The highest BCUT2D eigenvalue weighted by atomic mass is 16.5. The summed E-state index contributed by atoms with van der Waals surface area (Å²) in [4.78, 5) is 16.7. The van der Waals surface area contributed by atoms with Gasteiger partial charge in [-0.25, -0.2) is 0 Å². The van der Waals surface area contributed by atoms with Crippen LogP contribution < -0.4 is 5.73 Å². The van der Waals surface area contributed by atoms with E-state index in [1.165, 1.54) is 13.0 Å². The van der Waals surface area contributed by atoms with E-state index in [-0.39, 0.29) is 11.9 Å². The van der Waals surface area contributed by atoms with Gasteiger partial charge in [0.15, 0.2) is 0 Å². The number of piperidine rings is 1. The van der Waals surface area contributed by atoms with E-state index < -0.39 is 0 Å². The van der Waals surface area contributed by atoms with E-state index in [4.69, 9.17) is 10.5 Å². The average molecular weight is 269 g/mol. The third-order valence-electron chi connectivity index (χ3n) is 4.29. The highest BCUT2D eigenvalue weighted by Crippen LogP contribution is 2.21. The van der Waals surface area contributed by atoms with Crippen molar-refractivity contribution in [1.82, 2.24) is 9.80 Å². The molecule has 5 heteroatoms. The second-order valence-electron chi connectivity index (χ2n) is 5.64. The number of hydrogen-bond acceptors (Lipinski definition) is 4. The van der Waals surface area contributed by atoms with Crippen LogP contribution in [0.1, 0.15) is 26.2 Å². The second kappa shape index (κ2) is 7.22. The van der Waals surface area contributed by atoms with Crippen LogP contribution in [0.15, 0.2) is 0 Å². The monoisotopic (exact) mass is 269 g/mol. The van der Waals surface area contributed by atoms with Gasteiger partial charge in [0.2, 0.25) is 5.91 Å². The lowest BCUT2D eigenvalue weighted by Crippen LogP contribution is -2.53. The molecule has 5 nitrogen and oxygen atoms in total. The molecule has 2 aliphatic rings. The van der Waals surface area contributed by atoms with E-state index >= 15 is 0 Å². The van der Waals surface area contributed by atoms with Crippen LogP contribution in [0.4, 0.5) is 0 Å². The van der Waals surface area contributed by atoms with Crippen molar-refractivity contribution in [3.63, 3.8) is 0 Å². The molecular formula is C14H27N3O2. The Morgan fingerprint density at radius 1 is 1.26 bits per heavy atom. The number of nitrogens with zero attached hydrogens (tertiary/aromatic N) is 2. The van der Waals surface area contributed by atoms with E-state index in [1.54, 1.807) is 0 Å². The molecule has 2 fully saturated rings. The lowest BCUT2D eigenvalue weighted by Gasteiger charge is -2.36. The van der Waals surface area contributed by atoms with E-state index in [1.807, 2.05) is 4.90 Å². The Kier molecular flexibility index (Phi) is 5.60. The molecule has 0 aromatic carbocycles. The molecule has 2 aliphatic heterocycles. The molecular weight excluding hydrogens is 242 g/mol. The molecule has 110 valence electrons. The van der Waals surface area contributed by atoms with Crippen LogP contribution >= 0.6 is 0 Å². The van der Waals surface area contributed by atoms with Gasteiger partial charge in [-0.1, -0.05) is 6.92 Å². The molecule has 0 saturated carbocycles. The number of nitrogens with two attached hydrogens (primary N) is 1. The Morgan fingerprint density at radius 2 is 1.89 bits per heavy atom. The molecule has 0 spiro atoms. The summed E-state index contributed by atoms with van der Waals surface area (Å²) in [5.74, 6) is 0.473. The number of hydrogen-bond donors (Lipinski definition) is 1. The summed E-state index contributed by atoms with van der Waals surface area (Å²) < 4.78 is 5.27. The minimum Gasteiger partial charge on any atom is -0.378 e. The minimum absolute atomic E-state index is 0.122. The highest BCUT2D eigenvalue weighted by molar-refractivity contribution is 5.82. The topological polar surface area (TPSA) is 58.8 Å². The smallest absolute Gasteiger partial charge is 0.239 e. The van der Waals surface area contributed by atoms with E-state index in [9.17, 15) is 4.79 Å². The van der Waals surface area contributed by atoms with Gasteiger partial charge in [-0.2, -0.15) is 0 Å². The van der Waals surface area contributed by atoms with Crippen molar-refractivity contribution >= 4 is 5.91 Å². The molecule has 2 N–H and O–H groups in total. The van der Waals surface area contributed by atoms with Crippen LogP contribution in [-0.4, -0.2) is 67.7 Å². The summed E-state index contributed by atoms with van der Waals surface area (Å²) in [6.07, 6.45) is 3.30. The van der Waals surface area contributed by atoms with Gasteiger partial charge in [-0.05, 0) is 44.8 Å². The lowest BCUT2D eigenvalue weighted by atomic mass is 9.89. The SMILES string of the molecule is CCCN1CCC(C(N)C(=O)N2CCOCC2)CC1. The molecule has 2 rings (SSSR count). The van der Waals surface area contributed by atoms with Crippen molar-refractivity contribution in [3.8, 4) is 0 Å². The Hall–Kier alpha value is -0.650.